The Kier molecular flexibility index (Phi) is 4.56. The Morgan fingerprint density at radius 3 is 2.33 bits per heavy atom. The highest BCUT2D eigenvalue weighted by Gasteiger charge is 2.30. The van der Waals surface area contributed by atoms with Crippen LogP contribution in [0.5, 0.6) is 0 Å². The van der Waals surface area contributed by atoms with Gasteiger partial charge in [0.25, 0.3) is 0 Å². The molecule has 0 spiro atoms. The van der Waals surface area contributed by atoms with E-state index in [4.69, 9.17) is 0 Å². The molecule has 0 saturated carbocycles. The predicted molar refractivity (Wildman–Crippen MR) is 74.3 cm³/mol. The Balaban J connectivity index is 2.96. The number of halogens is 2. The van der Waals surface area contributed by atoms with Crippen molar-refractivity contribution in [2.45, 2.75) is 38.5 Å². The van der Waals surface area contributed by atoms with Gasteiger partial charge in [0.2, 0.25) is 10.0 Å². The molecule has 6 heteroatoms. The van der Waals surface area contributed by atoms with Gasteiger partial charge in [-0.15, -0.1) is 0 Å². The van der Waals surface area contributed by atoms with Gasteiger partial charge >= 0.3 is 0 Å². The predicted octanol–water partition coefficient (Wildman–Crippen LogP) is 3.37. The van der Waals surface area contributed by atoms with Gasteiger partial charge in [0.15, 0.2) is 0 Å². The molecule has 0 unspecified atom stereocenters. The molecule has 3 nitrogen and oxygen atoms in total. The molecule has 0 fully saturated rings. The van der Waals surface area contributed by atoms with Crippen molar-refractivity contribution in [3.8, 4) is 0 Å². The van der Waals surface area contributed by atoms with Crippen molar-refractivity contribution in [2.24, 2.45) is 0 Å². The summed E-state index contributed by atoms with van der Waals surface area (Å²) in [6, 6.07) is 4.09. The minimum absolute atomic E-state index is 0.358. The largest absolute Gasteiger partial charge is 0.217 e. The zero-order valence-corrected chi connectivity index (χ0v) is 13.2. The Hall–Kier alpha value is -0.460. The molecule has 1 aromatic carbocycles. The molecule has 0 amide bonds. The van der Waals surface area contributed by atoms with E-state index in [1.165, 1.54) is 6.07 Å². The van der Waals surface area contributed by atoms with Crippen LogP contribution in [0.3, 0.4) is 0 Å². The summed E-state index contributed by atoms with van der Waals surface area (Å²) in [5.41, 5.74) is 0.587. The van der Waals surface area contributed by atoms with Gasteiger partial charge in [-0.05, 0) is 61.3 Å². The number of rotatable bonds is 3. The second-order valence-corrected chi connectivity index (χ2v) is 8.45. The molecule has 0 aliphatic carbocycles. The van der Waals surface area contributed by atoms with Gasteiger partial charge in [0.1, 0.15) is 5.82 Å². The monoisotopic (exact) mass is 337 g/mol. The van der Waals surface area contributed by atoms with Crippen LogP contribution in [0.15, 0.2) is 22.7 Å². The van der Waals surface area contributed by atoms with Gasteiger partial charge in [-0.2, -0.15) is 0 Å². The zero-order chi connectivity index (χ0) is 14.1. The van der Waals surface area contributed by atoms with Crippen LogP contribution in [0.2, 0.25) is 0 Å². The summed E-state index contributed by atoms with van der Waals surface area (Å²) in [5, 5.41) is 0. The summed E-state index contributed by atoms with van der Waals surface area (Å²) < 4.78 is 39.3. The molecular weight excluding hydrogens is 321 g/mol. The molecule has 1 rings (SSSR count). The zero-order valence-electron chi connectivity index (χ0n) is 10.8. The lowest BCUT2D eigenvalue weighted by Crippen LogP contribution is -2.40. The Morgan fingerprint density at radius 1 is 1.33 bits per heavy atom. The summed E-state index contributed by atoms with van der Waals surface area (Å²) >= 11 is 3.06. The molecule has 0 aromatic heterocycles. The lowest BCUT2D eigenvalue weighted by molar-refractivity contribution is 0.530. The number of benzene rings is 1. The van der Waals surface area contributed by atoms with Crippen molar-refractivity contribution in [2.75, 3.05) is 0 Å². The van der Waals surface area contributed by atoms with Crippen LogP contribution >= 0.6 is 15.9 Å². The van der Waals surface area contributed by atoms with Crippen LogP contribution in [0.1, 0.15) is 39.3 Å². The fourth-order valence-corrected chi connectivity index (χ4v) is 2.46. The first-order valence-electron chi connectivity index (χ1n) is 5.51. The first-order valence-corrected chi connectivity index (χ1v) is 7.79. The van der Waals surface area contributed by atoms with Gasteiger partial charge in [-0.3, -0.25) is 0 Å². The molecule has 18 heavy (non-hydrogen) atoms. The molecule has 1 atom stereocenters. The summed E-state index contributed by atoms with van der Waals surface area (Å²) in [4.78, 5) is 0. The maximum atomic E-state index is 13.4. The average molecular weight is 338 g/mol. The van der Waals surface area contributed by atoms with E-state index < -0.39 is 26.6 Å². The van der Waals surface area contributed by atoms with Crippen LogP contribution in [0.25, 0.3) is 0 Å². The summed E-state index contributed by atoms with van der Waals surface area (Å²) in [7, 11) is -3.45. The SMILES string of the molecule is C[C@H](NS(=O)(=O)C(C)(C)C)c1ccc(Br)c(F)c1. The second-order valence-electron chi connectivity index (χ2n) is 5.13. The van der Waals surface area contributed by atoms with Crippen molar-refractivity contribution in [1.29, 1.82) is 0 Å². The number of hydrogen-bond donors (Lipinski definition) is 1. The van der Waals surface area contributed by atoms with Gasteiger partial charge in [0.05, 0.1) is 9.22 Å². The number of nitrogens with one attached hydrogen (secondary N) is 1. The molecule has 0 heterocycles. The van der Waals surface area contributed by atoms with Crippen molar-refractivity contribution in [1.82, 2.24) is 4.72 Å². The molecule has 0 aliphatic heterocycles. The first-order chi connectivity index (χ1) is 8.04. The van der Waals surface area contributed by atoms with Crippen molar-refractivity contribution in [3.05, 3.63) is 34.1 Å². The van der Waals surface area contributed by atoms with Crippen molar-refractivity contribution < 1.29 is 12.8 Å². The lowest BCUT2D eigenvalue weighted by Gasteiger charge is -2.23. The molecule has 0 bridgehead atoms. The van der Waals surface area contributed by atoms with Crippen LogP contribution in [-0.2, 0) is 10.0 Å². The molecule has 102 valence electrons. The Labute approximate surface area is 116 Å². The maximum absolute atomic E-state index is 13.4. The molecule has 0 radical (unpaired) electrons. The van der Waals surface area contributed by atoms with E-state index in [2.05, 4.69) is 20.7 Å². The minimum atomic E-state index is -3.45. The third-order valence-electron chi connectivity index (χ3n) is 2.58. The van der Waals surface area contributed by atoms with Crippen molar-refractivity contribution >= 4 is 26.0 Å². The highest BCUT2D eigenvalue weighted by atomic mass is 79.9. The molecule has 1 aromatic rings. The summed E-state index contributed by atoms with van der Waals surface area (Å²) in [6.45, 7) is 6.53. The standard InChI is InChI=1S/C12H17BrFNO2S/c1-8(15-18(16,17)12(2,3)4)9-5-6-10(13)11(14)7-9/h5-8,15H,1-4H3/t8-/m0/s1. The van der Waals surface area contributed by atoms with E-state index in [1.807, 2.05) is 0 Å². The van der Waals surface area contributed by atoms with E-state index >= 15 is 0 Å². The van der Waals surface area contributed by atoms with E-state index in [9.17, 15) is 12.8 Å². The third-order valence-corrected chi connectivity index (χ3v) is 5.50. The van der Waals surface area contributed by atoms with E-state index in [0.717, 1.165) is 0 Å². The summed E-state index contributed by atoms with van der Waals surface area (Å²) in [6.07, 6.45) is 0. The van der Waals surface area contributed by atoms with Crippen LogP contribution in [0.4, 0.5) is 4.39 Å². The van der Waals surface area contributed by atoms with E-state index in [-0.39, 0.29) is 0 Å². The first kappa shape index (κ1) is 15.6. The van der Waals surface area contributed by atoms with Crippen molar-refractivity contribution in [3.63, 3.8) is 0 Å². The Morgan fingerprint density at radius 2 is 1.89 bits per heavy atom. The lowest BCUT2D eigenvalue weighted by atomic mass is 10.1. The van der Waals surface area contributed by atoms with Crippen LogP contribution in [0, 0.1) is 5.82 Å². The fraction of sp³-hybridized carbons (Fsp3) is 0.500. The van der Waals surface area contributed by atoms with Crippen LogP contribution in [-0.4, -0.2) is 13.2 Å². The Bertz CT molecular complexity index is 537. The van der Waals surface area contributed by atoms with E-state index in [1.54, 1.807) is 39.8 Å². The number of hydrogen-bond acceptors (Lipinski definition) is 2. The topological polar surface area (TPSA) is 46.2 Å². The number of sulfonamides is 1. The van der Waals surface area contributed by atoms with E-state index in [0.29, 0.717) is 10.0 Å². The van der Waals surface area contributed by atoms with Gasteiger partial charge in [0, 0.05) is 6.04 Å². The van der Waals surface area contributed by atoms with Gasteiger partial charge in [-0.25, -0.2) is 17.5 Å². The normalized spacial score (nSPS) is 14.6. The minimum Gasteiger partial charge on any atom is -0.212 e. The summed E-state index contributed by atoms with van der Waals surface area (Å²) in [5.74, 6) is -0.408. The fourth-order valence-electron chi connectivity index (χ4n) is 1.26. The molecule has 0 saturated heterocycles. The average Bonchev–Trinajstić information content (AvgIpc) is 2.19. The van der Waals surface area contributed by atoms with Crippen LogP contribution < -0.4 is 4.72 Å². The third kappa shape index (κ3) is 3.52. The smallest absolute Gasteiger partial charge is 0.212 e. The van der Waals surface area contributed by atoms with Gasteiger partial charge in [-0.1, -0.05) is 6.07 Å². The highest BCUT2D eigenvalue weighted by molar-refractivity contribution is 9.10. The maximum Gasteiger partial charge on any atom is 0.217 e. The van der Waals surface area contributed by atoms with Gasteiger partial charge < -0.3 is 0 Å². The second kappa shape index (κ2) is 5.27. The highest BCUT2D eigenvalue weighted by Crippen LogP contribution is 2.23. The molecule has 0 aliphatic rings. The molecule has 1 N–H and O–H groups in total. The molecular formula is C12H17BrFNO2S. The quantitative estimate of drug-likeness (QED) is 0.919.